The van der Waals surface area contributed by atoms with Crippen molar-refractivity contribution in [1.82, 2.24) is 0 Å². The number of benzene rings is 2. The number of Topliss-reactive ketones (excluding diaryl/α,β-unsaturated/α-hetero) is 1. The highest BCUT2D eigenvalue weighted by Gasteiger charge is 2.19. The minimum absolute atomic E-state index is 0.0928. The minimum atomic E-state index is -0.225. The van der Waals surface area contributed by atoms with Gasteiger partial charge in [-0.25, -0.2) is 0 Å². The zero-order chi connectivity index (χ0) is 14.8. The summed E-state index contributed by atoms with van der Waals surface area (Å²) in [5.74, 6) is -0.318. The molecule has 104 valence electrons. The largest absolute Gasteiger partial charge is 0.352 e. The van der Waals surface area contributed by atoms with E-state index in [1.54, 1.807) is 24.3 Å². The number of hydrogen-bond acceptors (Lipinski definition) is 3. The lowest BCUT2D eigenvalue weighted by atomic mass is 10.1. The van der Waals surface area contributed by atoms with Crippen molar-refractivity contribution in [3.63, 3.8) is 0 Å². The number of ketones is 2. The summed E-state index contributed by atoms with van der Waals surface area (Å²) in [6.45, 7) is 0. The molecule has 0 atom stereocenters. The van der Waals surface area contributed by atoms with Gasteiger partial charge in [0.2, 0.25) is 5.78 Å². The van der Waals surface area contributed by atoms with E-state index in [-0.39, 0.29) is 17.3 Å². The molecule has 1 heterocycles. The molecule has 0 aliphatic carbocycles. The third kappa shape index (κ3) is 2.88. The molecule has 0 saturated heterocycles. The van der Waals surface area contributed by atoms with Crippen LogP contribution in [0.4, 0.5) is 5.69 Å². The van der Waals surface area contributed by atoms with Gasteiger partial charge in [0, 0.05) is 28.8 Å². The van der Waals surface area contributed by atoms with E-state index in [9.17, 15) is 9.59 Å². The smallest absolute Gasteiger partial charge is 0.209 e. The fraction of sp³-hybridized carbons (Fsp3) is 0.0588. The summed E-state index contributed by atoms with van der Waals surface area (Å²) in [4.78, 5) is 24.4. The highest BCUT2D eigenvalue weighted by molar-refractivity contribution is 6.30. The fourth-order valence-corrected chi connectivity index (χ4v) is 2.38. The Kier molecular flexibility index (Phi) is 3.59. The third-order valence-corrected chi connectivity index (χ3v) is 3.56. The van der Waals surface area contributed by atoms with Crippen molar-refractivity contribution in [2.75, 3.05) is 5.32 Å². The van der Waals surface area contributed by atoms with Gasteiger partial charge in [0.05, 0.1) is 5.70 Å². The van der Waals surface area contributed by atoms with Crippen LogP contribution in [-0.4, -0.2) is 11.6 Å². The Bertz CT molecular complexity index is 748. The Hall–Kier alpha value is -2.39. The van der Waals surface area contributed by atoms with E-state index in [0.29, 0.717) is 17.0 Å². The van der Waals surface area contributed by atoms with Crippen LogP contribution < -0.4 is 5.32 Å². The topological polar surface area (TPSA) is 46.2 Å². The van der Waals surface area contributed by atoms with E-state index in [2.05, 4.69) is 5.32 Å². The summed E-state index contributed by atoms with van der Waals surface area (Å²) in [7, 11) is 0. The molecule has 0 unspecified atom stereocenters. The van der Waals surface area contributed by atoms with Crippen LogP contribution in [-0.2, 0) is 11.2 Å². The van der Waals surface area contributed by atoms with E-state index in [1.165, 1.54) is 6.08 Å². The van der Waals surface area contributed by atoms with Crippen molar-refractivity contribution in [3.05, 3.63) is 76.5 Å². The highest BCUT2D eigenvalue weighted by Crippen LogP contribution is 2.23. The summed E-state index contributed by atoms with van der Waals surface area (Å²) in [5.41, 5.74) is 2.45. The Morgan fingerprint density at radius 3 is 2.52 bits per heavy atom. The van der Waals surface area contributed by atoms with Gasteiger partial charge in [0.25, 0.3) is 0 Å². The van der Waals surface area contributed by atoms with Crippen LogP contribution in [0, 0.1) is 0 Å². The Balaban J connectivity index is 1.96. The molecular formula is C17H12ClNO2. The maximum absolute atomic E-state index is 12.5. The van der Waals surface area contributed by atoms with Crippen LogP contribution in [0.25, 0.3) is 0 Å². The molecule has 0 bridgehead atoms. The first-order chi connectivity index (χ1) is 10.1. The predicted octanol–water partition coefficient (Wildman–Crippen LogP) is 3.64. The molecule has 1 aliphatic rings. The molecule has 0 aromatic heterocycles. The molecule has 0 amide bonds. The SMILES string of the molecule is O=C1C=C(C(=O)c2ccc(Cl)cc2)Nc2ccccc2C1. The molecule has 21 heavy (non-hydrogen) atoms. The van der Waals surface area contributed by atoms with Crippen LogP contribution in [0.1, 0.15) is 15.9 Å². The predicted molar refractivity (Wildman–Crippen MR) is 82.6 cm³/mol. The van der Waals surface area contributed by atoms with E-state index >= 15 is 0 Å². The molecule has 2 aromatic rings. The summed E-state index contributed by atoms with van der Waals surface area (Å²) in [6, 6.07) is 14.1. The first kappa shape index (κ1) is 13.6. The van der Waals surface area contributed by atoms with Crippen molar-refractivity contribution in [1.29, 1.82) is 0 Å². The van der Waals surface area contributed by atoms with E-state index in [0.717, 1.165) is 11.3 Å². The quantitative estimate of drug-likeness (QED) is 0.861. The van der Waals surface area contributed by atoms with Crippen LogP contribution in [0.3, 0.4) is 0 Å². The van der Waals surface area contributed by atoms with Crippen molar-refractivity contribution < 1.29 is 9.59 Å². The molecule has 3 nitrogen and oxygen atoms in total. The van der Waals surface area contributed by atoms with Crippen LogP contribution in [0.5, 0.6) is 0 Å². The van der Waals surface area contributed by atoms with E-state index in [1.807, 2.05) is 24.3 Å². The number of halogens is 1. The number of rotatable bonds is 2. The summed E-state index contributed by atoms with van der Waals surface area (Å²) >= 11 is 5.82. The van der Waals surface area contributed by atoms with E-state index < -0.39 is 0 Å². The number of fused-ring (bicyclic) bond motifs is 1. The zero-order valence-corrected chi connectivity index (χ0v) is 11.9. The lowest BCUT2D eigenvalue weighted by molar-refractivity contribution is -0.114. The second-order valence-corrected chi connectivity index (χ2v) is 5.26. The second-order valence-electron chi connectivity index (χ2n) is 4.82. The molecule has 0 saturated carbocycles. The number of nitrogens with one attached hydrogen (secondary N) is 1. The maximum Gasteiger partial charge on any atom is 0.209 e. The van der Waals surface area contributed by atoms with Crippen molar-refractivity contribution >= 4 is 28.9 Å². The van der Waals surface area contributed by atoms with Gasteiger partial charge >= 0.3 is 0 Å². The van der Waals surface area contributed by atoms with Crippen LogP contribution >= 0.6 is 11.6 Å². The Morgan fingerprint density at radius 1 is 1.05 bits per heavy atom. The third-order valence-electron chi connectivity index (χ3n) is 3.31. The molecule has 3 rings (SSSR count). The highest BCUT2D eigenvalue weighted by atomic mass is 35.5. The Morgan fingerprint density at radius 2 is 1.76 bits per heavy atom. The molecule has 0 spiro atoms. The molecule has 0 radical (unpaired) electrons. The number of allylic oxidation sites excluding steroid dienone is 2. The van der Waals surface area contributed by atoms with Crippen LogP contribution in [0.15, 0.2) is 60.3 Å². The van der Waals surface area contributed by atoms with E-state index in [4.69, 9.17) is 11.6 Å². The number of anilines is 1. The van der Waals surface area contributed by atoms with Gasteiger partial charge in [-0.2, -0.15) is 0 Å². The number of carbonyl (C=O) groups is 2. The van der Waals surface area contributed by atoms with Crippen LogP contribution in [0.2, 0.25) is 5.02 Å². The maximum atomic E-state index is 12.5. The fourth-order valence-electron chi connectivity index (χ4n) is 2.26. The van der Waals surface area contributed by atoms with Gasteiger partial charge < -0.3 is 5.32 Å². The van der Waals surface area contributed by atoms with Gasteiger partial charge in [-0.3, -0.25) is 9.59 Å². The average Bonchev–Trinajstić information content (AvgIpc) is 2.65. The standard InChI is InChI=1S/C17H12ClNO2/c18-13-7-5-11(6-8-13)17(21)16-10-14(20)9-12-3-1-2-4-15(12)19-16/h1-8,10,19H,9H2. The minimum Gasteiger partial charge on any atom is -0.352 e. The van der Waals surface area contributed by atoms with Gasteiger partial charge in [0.15, 0.2) is 5.78 Å². The first-order valence-corrected chi connectivity index (χ1v) is 6.91. The summed E-state index contributed by atoms with van der Waals surface area (Å²) < 4.78 is 0. The van der Waals surface area contributed by atoms with Gasteiger partial charge in [-0.05, 0) is 35.9 Å². The van der Waals surface area contributed by atoms with Crippen molar-refractivity contribution in [3.8, 4) is 0 Å². The number of hydrogen-bond donors (Lipinski definition) is 1. The lowest BCUT2D eigenvalue weighted by Crippen LogP contribution is -2.12. The average molecular weight is 298 g/mol. The molecule has 2 aromatic carbocycles. The van der Waals surface area contributed by atoms with Gasteiger partial charge in [-0.15, -0.1) is 0 Å². The molecule has 0 fully saturated rings. The number of para-hydroxylation sites is 1. The lowest BCUT2D eigenvalue weighted by Gasteiger charge is -2.10. The summed E-state index contributed by atoms with van der Waals surface area (Å²) in [6.07, 6.45) is 1.66. The summed E-state index contributed by atoms with van der Waals surface area (Å²) in [5, 5.41) is 3.63. The zero-order valence-electron chi connectivity index (χ0n) is 11.1. The second kappa shape index (κ2) is 5.54. The molecule has 4 heteroatoms. The van der Waals surface area contributed by atoms with Crippen molar-refractivity contribution in [2.24, 2.45) is 0 Å². The normalized spacial score (nSPS) is 13.8. The monoisotopic (exact) mass is 297 g/mol. The molecule has 1 aliphatic heterocycles. The van der Waals surface area contributed by atoms with Gasteiger partial charge in [0.1, 0.15) is 0 Å². The first-order valence-electron chi connectivity index (χ1n) is 6.53. The molecular weight excluding hydrogens is 286 g/mol. The Labute approximate surface area is 127 Å². The number of carbonyl (C=O) groups excluding carboxylic acids is 2. The van der Waals surface area contributed by atoms with Crippen molar-refractivity contribution in [2.45, 2.75) is 6.42 Å². The van der Waals surface area contributed by atoms with Gasteiger partial charge in [-0.1, -0.05) is 29.8 Å². The molecule has 1 N–H and O–H groups in total.